The van der Waals surface area contributed by atoms with Gasteiger partial charge in [-0.3, -0.25) is 9.69 Å². The molecule has 2 aromatic rings. The number of ether oxygens (including phenoxy) is 3. The van der Waals surface area contributed by atoms with E-state index in [2.05, 4.69) is 11.8 Å². The molecule has 0 unspecified atom stereocenters. The Labute approximate surface area is 173 Å². The number of carbonyl (C=O) groups is 1. The summed E-state index contributed by atoms with van der Waals surface area (Å²) in [7, 11) is 4.79. The molecule has 1 heterocycles. The maximum Gasteiger partial charge on any atom is 0.253 e. The predicted molar refractivity (Wildman–Crippen MR) is 114 cm³/mol. The van der Waals surface area contributed by atoms with E-state index in [-0.39, 0.29) is 5.91 Å². The summed E-state index contributed by atoms with van der Waals surface area (Å²) in [5.41, 5.74) is 2.63. The van der Waals surface area contributed by atoms with Crippen molar-refractivity contribution in [3.8, 4) is 28.4 Å². The third-order valence-corrected chi connectivity index (χ3v) is 5.33. The van der Waals surface area contributed by atoms with Gasteiger partial charge in [-0.25, -0.2) is 0 Å². The molecule has 0 spiro atoms. The number of piperazine rings is 1. The lowest BCUT2D eigenvalue weighted by Crippen LogP contribution is -2.48. The van der Waals surface area contributed by atoms with Crippen molar-refractivity contribution in [2.24, 2.45) is 0 Å². The highest BCUT2D eigenvalue weighted by atomic mass is 16.5. The fourth-order valence-electron chi connectivity index (χ4n) is 3.73. The minimum Gasteiger partial charge on any atom is -0.493 e. The molecule has 0 radical (unpaired) electrons. The lowest BCUT2D eigenvalue weighted by Gasteiger charge is -2.34. The third-order valence-electron chi connectivity index (χ3n) is 5.33. The average molecular weight is 399 g/mol. The van der Waals surface area contributed by atoms with Gasteiger partial charge in [0.2, 0.25) is 5.75 Å². The lowest BCUT2D eigenvalue weighted by atomic mass is 10.0. The molecule has 6 nitrogen and oxygen atoms in total. The van der Waals surface area contributed by atoms with Crippen LogP contribution in [0.3, 0.4) is 0 Å². The zero-order valence-corrected chi connectivity index (χ0v) is 17.7. The highest BCUT2D eigenvalue weighted by molar-refractivity contribution is 5.94. The van der Waals surface area contributed by atoms with Crippen LogP contribution < -0.4 is 14.2 Å². The lowest BCUT2D eigenvalue weighted by molar-refractivity contribution is 0.0637. The molecule has 0 N–H and O–H groups in total. The highest BCUT2D eigenvalue weighted by Crippen LogP contribution is 2.41. The van der Waals surface area contributed by atoms with E-state index in [1.165, 1.54) is 0 Å². The highest BCUT2D eigenvalue weighted by Gasteiger charge is 2.22. The number of nitrogens with zero attached hydrogens (tertiary/aromatic N) is 2. The Kier molecular flexibility index (Phi) is 6.99. The van der Waals surface area contributed by atoms with E-state index in [1.807, 2.05) is 41.3 Å². The second kappa shape index (κ2) is 9.65. The Hall–Kier alpha value is -2.73. The van der Waals surface area contributed by atoms with E-state index in [0.29, 0.717) is 22.8 Å². The van der Waals surface area contributed by atoms with Gasteiger partial charge in [0.05, 0.1) is 21.3 Å². The van der Waals surface area contributed by atoms with Crippen molar-refractivity contribution >= 4 is 5.91 Å². The number of amides is 1. The first kappa shape index (κ1) is 21.0. The molecule has 0 bridgehead atoms. The zero-order chi connectivity index (χ0) is 20.8. The van der Waals surface area contributed by atoms with Gasteiger partial charge in [0.15, 0.2) is 11.5 Å². The SMILES string of the molecule is CCCN1CCN(C(=O)c2ccc(-c3cc(OC)c(OC)c(OC)c3)cc2)CC1. The van der Waals surface area contributed by atoms with Crippen LogP contribution in [0.4, 0.5) is 0 Å². The standard InChI is InChI=1S/C23H30N2O4/c1-5-10-24-11-13-25(14-12-24)23(26)18-8-6-17(7-9-18)19-15-20(27-2)22(29-4)21(16-19)28-3/h6-9,15-16H,5,10-14H2,1-4H3. The summed E-state index contributed by atoms with van der Waals surface area (Å²) in [6, 6.07) is 11.5. The van der Waals surface area contributed by atoms with Crippen molar-refractivity contribution in [3.63, 3.8) is 0 Å². The molecule has 6 heteroatoms. The number of methoxy groups -OCH3 is 3. The first-order valence-corrected chi connectivity index (χ1v) is 10.0. The maximum absolute atomic E-state index is 12.8. The molecule has 156 valence electrons. The summed E-state index contributed by atoms with van der Waals surface area (Å²) in [5, 5.41) is 0. The van der Waals surface area contributed by atoms with E-state index in [4.69, 9.17) is 14.2 Å². The van der Waals surface area contributed by atoms with Gasteiger partial charge in [-0.05, 0) is 48.4 Å². The van der Waals surface area contributed by atoms with Gasteiger partial charge in [0, 0.05) is 31.7 Å². The molecule has 0 aromatic heterocycles. The molecule has 1 aliphatic rings. The molecule has 2 aromatic carbocycles. The van der Waals surface area contributed by atoms with Crippen LogP contribution in [0.25, 0.3) is 11.1 Å². The fraction of sp³-hybridized carbons (Fsp3) is 0.435. The molecule has 0 aliphatic carbocycles. The molecule has 29 heavy (non-hydrogen) atoms. The molecule has 0 saturated carbocycles. The molecule has 1 aliphatic heterocycles. The molecular formula is C23H30N2O4. The Morgan fingerprint density at radius 2 is 1.45 bits per heavy atom. The Balaban J connectivity index is 1.76. The van der Waals surface area contributed by atoms with Crippen LogP contribution in [0, 0.1) is 0 Å². The van der Waals surface area contributed by atoms with Gasteiger partial charge in [-0.2, -0.15) is 0 Å². The summed E-state index contributed by atoms with van der Waals surface area (Å²) in [5.74, 6) is 1.87. The number of rotatable bonds is 7. The number of carbonyl (C=O) groups excluding carboxylic acids is 1. The van der Waals surface area contributed by atoms with Crippen LogP contribution in [-0.2, 0) is 0 Å². The minimum absolute atomic E-state index is 0.0950. The van der Waals surface area contributed by atoms with Crippen LogP contribution in [0.15, 0.2) is 36.4 Å². The van der Waals surface area contributed by atoms with E-state index < -0.39 is 0 Å². The van der Waals surface area contributed by atoms with Crippen LogP contribution in [-0.4, -0.2) is 69.8 Å². The van der Waals surface area contributed by atoms with Crippen molar-refractivity contribution in [1.29, 1.82) is 0 Å². The van der Waals surface area contributed by atoms with Gasteiger partial charge in [0.1, 0.15) is 0 Å². The van der Waals surface area contributed by atoms with E-state index in [0.717, 1.165) is 50.3 Å². The maximum atomic E-state index is 12.8. The predicted octanol–water partition coefficient (Wildman–Crippen LogP) is 3.55. The normalized spacial score (nSPS) is 14.6. The summed E-state index contributed by atoms with van der Waals surface area (Å²) in [4.78, 5) is 17.2. The van der Waals surface area contributed by atoms with Crippen molar-refractivity contribution in [1.82, 2.24) is 9.80 Å². The van der Waals surface area contributed by atoms with Crippen molar-refractivity contribution in [2.75, 3.05) is 54.1 Å². The Morgan fingerprint density at radius 1 is 0.862 bits per heavy atom. The van der Waals surface area contributed by atoms with Crippen molar-refractivity contribution in [3.05, 3.63) is 42.0 Å². The van der Waals surface area contributed by atoms with Gasteiger partial charge in [0.25, 0.3) is 5.91 Å². The molecule has 1 fully saturated rings. The number of hydrogen-bond donors (Lipinski definition) is 0. The smallest absolute Gasteiger partial charge is 0.253 e. The van der Waals surface area contributed by atoms with Gasteiger partial charge in [-0.15, -0.1) is 0 Å². The van der Waals surface area contributed by atoms with Crippen LogP contribution in [0.5, 0.6) is 17.2 Å². The first-order valence-electron chi connectivity index (χ1n) is 10.0. The molecule has 3 rings (SSSR count). The van der Waals surface area contributed by atoms with Gasteiger partial charge in [-0.1, -0.05) is 19.1 Å². The number of benzene rings is 2. The quantitative estimate of drug-likeness (QED) is 0.714. The van der Waals surface area contributed by atoms with Gasteiger partial charge >= 0.3 is 0 Å². The molecule has 1 amide bonds. The monoisotopic (exact) mass is 398 g/mol. The summed E-state index contributed by atoms with van der Waals surface area (Å²) in [6.45, 7) is 6.76. The Morgan fingerprint density at radius 3 is 1.93 bits per heavy atom. The topological polar surface area (TPSA) is 51.2 Å². The molecule has 1 saturated heterocycles. The average Bonchev–Trinajstić information content (AvgIpc) is 2.78. The summed E-state index contributed by atoms with van der Waals surface area (Å²) in [6.07, 6.45) is 1.15. The van der Waals surface area contributed by atoms with Crippen molar-refractivity contribution in [2.45, 2.75) is 13.3 Å². The van der Waals surface area contributed by atoms with Gasteiger partial charge < -0.3 is 19.1 Å². The van der Waals surface area contributed by atoms with Crippen LogP contribution in [0.1, 0.15) is 23.7 Å². The van der Waals surface area contributed by atoms with E-state index >= 15 is 0 Å². The number of hydrogen-bond acceptors (Lipinski definition) is 5. The summed E-state index contributed by atoms with van der Waals surface area (Å²) >= 11 is 0. The van der Waals surface area contributed by atoms with Crippen LogP contribution >= 0.6 is 0 Å². The first-order chi connectivity index (χ1) is 14.1. The Bertz CT molecular complexity index is 802. The largest absolute Gasteiger partial charge is 0.493 e. The fourth-order valence-corrected chi connectivity index (χ4v) is 3.73. The second-order valence-electron chi connectivity index (χ2n) is 7.13. The summed E-state index contributed by atoms with van der Waals surface area (Å²) < 4.78 is 16.3. The second-order valence-corrected chi connectivity index (χ2v) is 7.13. The molecular weight excluding hydrogens is 368 g/mol. The molecule has 0 atom stereocenters. The zero-order valence-electron chi connectivity index (χ0n) is 17.7. The van der Waals surface area contributed by atoms with Crippen molar-refractivity contribution < 1.29 is 19.0 Å². The minimum atomic E-state index is 0.0950. The third kappa shape index (κ3) is 4.65. The van der Waals surface area contributed by atoms with E-state index in [9.17, 15) is 4.79 Å². The van der Waals surface area contributed by atoms with Crippen LogP contribution in [0.2, 0.25) is 0 Å². The van der Waals surface area contributed by atoms with E-state index in [1.54, 1.807) is 21.3 Å².